The van der Waals surface area contributed by atoms with Crippen molar-refractivity contribution in [1.29, 1.82) is 0 Å². The molecule has 1 heteroatoms. The molecule has 0 saturated heterocycles. The fourth-order valence-corrected chi connectivity index (χ4v) is 2.35. The molecule has 1 nitrogen and oxygen atoms in total. The SMILES string of the molecule is CCCC(C)NC1CCC(C)CC1. The topological polar surface area (TPSA) is 12.0 Å². The average Bonchev–Trinajstić information content (AvgIpc) is 2.09. The predicted molar refractivity (Wildman–Crippen MR) is 58.9 cm³/mol. The van der Waals surface area contributed by atoms with Crippen LogP contribution in [0.3, 0.4) is 0 Å². The third kappa shape index (κ3) is 4.12. The molecule has 0 spiro atoms. The highest BCUT2D eigenvalue weighted by Gasteiger charge is 2.18. The summed E-state index contributed by atoms with van der Waals surface area (Å²) >= 11 is 0. The van der Waals surface area contributed by atoms with Crippen molar-refractivity contribution in [2.45, 2.75) is 71.4 Å². The molecular formula is C12H25N. The lowest BCUT2D eigenvalue weighted by molar-refractivity contribution is 0.286. The quantitative estimate of drug-likeness (QED) is 0.705. The van der Waals surface area contributed by atoms with Crippen LogP contribution in [0.4, 0.5) is 0 Å². The van der Waals surface area contributed by atoms with E-state index in [1.807, 2.05) is 0 Å². The zero-order chi connectivity index (χ0) is 9.68. The molecule has 0 radical (unpaired) electrons. The largest absolute Gasteiger partial charge is 0.312 e. The first-order valence-corrected chi connectivity index (χ1v) is 5.98. The van der Waals surface area contributed by atoms with E-state index in [-0.39, 0.29) is 0 Å². The first-order chi connectivity index (χ1) is 6.22. The molecule has 1 N–H and O–H groups in total. The molecule has 1 fully saturated rings. The van der Waals surface area contributed by atoms with Crippen molar-refractivity contribution in [3.05, 3.63) is 0 Å². The van der Waals surface area contributed by atoms with Crippen molar-refractivity contribution in [3.8, 4) is 0 Å². The van der Waals surface area contributed by atoms with Crippen molar-refractivity contribution in [2.75, 3.05) is 0 Å². The van der Waals surface area contributed by atoms with Crippen molar-refractivity contribution in [3.63, 3.8) is 0 Å². The number of rotatable bonds is 4. The first kappa shape index (κ1) is 11.0. The van der Waals surface area contributed by atoms with Gasteiger partial charge in [0.2, 0.25) is 0 Å². The Morgan fingerprint density at radius 2 is 1.85 bits per heavy atom. The van der Waals surface area contributed by atoms with E-state index in [2.05, 4.69) is 26.1 Å². The van der Waals surface area contributed by atoms with E-state index in [1.54, 1.807) is 0 Å². The van der Waals surface area contributed by atoms with Crippen molar-refractivity contribution in [1.82, 2.24) is 5.32 Å². The van der Waals surface area contributed by atoms with Gasteiger partial charge in [0.05, 0.1) is 0 Å². The van der Waals surface area contributed by atoms with Crippen LogP contribution in [0, 0.1) is 5.92 Å². The zero-order valence-electron chi connectivity index (χ0n) is 9.47. The van der Waals surface area contributed by atoms with Gasteiger partial charge in [-0.15, -0.1) is 0 Å². The summed E-state index contributed by atoms with van der Waals surface area (Å²) in [4.78, 5) is 0. The fraction of sp³-hybridized carbons (Fsp3) is 1.00. The lowest BCUT2D eigenvalue weighted by Gasteiger charge is -2.29. The van der Waals surface area contributed by atoms with Crippen LogP contribution in [0.15, 0.2) is 0 Å². The van der Waals surface area contributed by atoms with E-state index in [1.165, 1.54) is 38.5 Å². The number of hydrogen-bond donors (Lipinski definition) is 1. The molecule has 0 amide bonds. The third-order valence-corrected chi connectivity index (χ3v) is 3.26. The molecule has 1 aliphatic carbocycles. The van der Waals surface area contributed by atoms with Crippen LogP contribution < -0.4 is 5.32 Å². The average molecular weight is 183 g/mol. The van der Waals surface area contributed by atoms with E-state index < -0.39 is 0 Å². The summed E-state index contributed by atoms with van der Waals surface area (Å²) < 4.78 is 0. The van der Waals surface area contributed by atoms with E-state index in [9.17, 15) is 0 Å². The van der Waals surface area contributed by atoms with Crippen molar-refractivity contribution in [2.24, 2.45) is 5.92 Å². The van der Waals surface area contributed by atoms with Gasteiger partial charge in [-0.05, 0) is 44.9 Å². The second-order valence-electron chi connectivity index (χ2n) is 4.81. The Bertz CT molecular complexity index is 125. The van der Waals surface area contributed by atoms with E-state index in [0.29, 0.717) is 0 Å². The Morgan fingerprint density at radius 1 is 1.23 bits per heavy atom. The van der Waals surface area contributed by atoms with Crippen LogP contribution in [0.5, 0.6) is 0 Å². The molecule has 78 valence electrons. The molecule has 1 saturated carbocycles. The van der Waals surface area contributed by atoms with Gasteiger partial charge in [-0.3, -0.25) is 0 Å². The summed E-state index contributed by atoms with van der Waals surface area (Å²) in [5.41, 5.74) is 0. The van der Waals surface area contributed by atoms with Gasteiger partial charge in [0.1, 0.15) is 0 Å². The standard InChI is InChI=1S/C12H25N/c1-4-5-11(3)13-12-8-6-10(2)7-9-12/h10-13H,4-9H2,1-3H3. The lowest BCUT2D eigenvalue weighted by Crippen LogP contribution is -2.38. The van der Waals surface area contributed by atoms with Crippen LogP contribution in [0.25, 0.3) is 0 Å². The molecule has 1 rings (SSSR count). The minimum absolute atomic E-state index is 0.725. The highest BCUT2D eigenvalue weighted by molar-refractivity contribution is 4.77. The smallest absolute Gasteiger partial charge is 0.00697 e. The molecule has 1 unspecified atom stereocenters. The van der Waals surface area contributed by atoms with Gasteiger partial charge in [0, 0.05) is 12.1 Å². The van der Waals surface area contributed by atoms with Crippen LogP contribution in [0.1, 0.15) is 59.3 Å². The van der Waals surface area contributed by atoms with Gasteiger partial charge in [-0.2, -0.15) is 0 Å². The molecule has 1 atom stereocenters. The summed E-state index contributed by atoms with van der Waals surface area (Å²) in [6.07, 6.45) is 8.28. The molecule has 0 aromatic heterocycles. The van der Waals surface area contributed by atoms with Crippen molar-refractivity contribution < 1.29 is 0 Å². The van der Waals surface area contributed by atoms with E-state index in [4.69, 9.17) is 0 Å². The summed E-state index contributed by atoms with van der Waals surface area (Å²) in [6.45, 7) is 6.97. The van der Waals surface area contributed by atoms with E-state index in [0.717, 1.165) is 18.0 Å². The number of nitrogens with one attached hydrogen (secondary N) is 1. The van der Waals surface area contributed by atoms with Gasteiger partial charge in [0.25, 0.3) is 0 Å². The van der Waals surface area contributed by atoms with Crippen LogP contribution in [-0.4, -0.2) is 12.1 Å². The van der Waals surface area contributed by atoms with Gasteiger partial charge >= 0.3 is 0 Å². The Kier molecular flexibility index (Phi) is 4.79. The molecule has 0 aromatic carbocycles. The van der Waals surface area contributed by atoms with E-state index >= 15 is 0 Å². The molecule has 0 aliphatic heterocycles. The van der Waals surface area contributed by atoms with Crippen LogP contribution >= 0.6 is 0 Å². The van der Waals surface area contributed by atoms with Crippen molar-refractivity contribution >= 4 is 0 Å². The number of hydrogen-bond acceptors (Lipinski definition) is 1. The molecule has 1 aliphatic rings. The highest BCUT2D eigenvalue weighted by Crippen LogP contribution is 2.23. The summed E-state index contributed by atoms with van der Waals surface area (Å²) in [6, 6.07) is 1.54. The minimum Gasteiger partial charge on any atom is -0.312 e. The maximum atomic E-state index is 3.74. The zero-order valence-corrected chi connectivity index (χ0v) is 9.47. The fourth-order valence-electron chi connectivity index (χ4n) is 2.35. The van der Waals surface area contributed by atoms with Gasteiger partial charge in [-0.25, -0.2) is 0 Å². The summed E-state index contributed by atoms with van der Waals surface area (Å²) in [5.74, 6) is 0.972. The molecule has 0 bridgehead atoms. The second kappa shape index (κ2) is 5.64. The second-order valence-corrected chi connectivity index (χ2v) is 4.81. The third-order valence-electron chi connectivity index (χ3n) is 3.26. The molecule has 0 aromatic rings. The monoisotopic (exact) mass is 183 g/mol. The lowest BCUT2D eigenvalue weighted by atomic mass is 9.87. The predicted octanol–water partition coefficient (Wildman–Crippen LogP) is 3.34. The van der Waals surface area contributed by atoms with Gasteiger partial charge < -0.3 is 5.32 Å². The Balaban J connectivity index is 2.14. The normalized spacial score (nSPS) is 31.6. The minimum atomic E-state index is 0.725. The van der Waals surface area contributed by atoms with Gasteiger partial charge in [0.15, 0.2) is 0 Å². The summed E-state index contributed by atoms with van der Waals surface area (Å²) in [7, 11) is 0. The molecule has 13 heavy (non-hydrogen) atoms. The highest BCUT2D eigenvalue weighted by atomic mass is 14.9. The van der Waals surface area contributed by atoms with Crippen LogP contribution in [0.2, 0.25) is 0 Å². The Labute approximate surface area is 83.3 Å². The molecule has 0 heterocycles. The maximum absolute atomic E-state index is 3.74. The van der Waals surface area contributed by atoms with Crippen LogP contribution in [-0.2, 0) is 0 Å². The Morgan fingerprint density at radius 3 is 2.38 bits per heavy atom. The molecular weight excluding hydrogens is 158 g/mol. The summed E-state index contributed by atoms with van der Waals surface area (Å²) in [5, 5.41) is 3.74. The maximum Gasteiger partial charge on any atom is 0.00697 e. The first-order valence-electron chi connectivity index (χ1n) is 5.98. The Hall–Kier alpha value is -0.0400. The van der Waals surface area contributed by atoms with Gasteiger partial charge in [-0.1, -0.05) is 20.3 Å².